The number of ketones is 1. The van der Waals surface area contributed by atoms with E-state index < -0.39 is 5.97 Å². The summed E-state index contributed by atoms with van der Waals surface area (Å²) in [6.07, 6.45) is 10.5. The maximum atomic E-state index is 11.4. The first-order valence-electron chi connectivity index (χ1n) is 7.32. The fourth-order valence-electron chi connectivity index (χ4n) is 2.07. The summed E-state index contributed by atoms with van der Waals surface area (Å²) < 4.78 is 0. The highest BCUT2D eigenvalue weighted by atomic mass is 16.4. The Balaban J connectivity index is 3.37. The summed E-state index contributed by atoms with van der Waals surface area (Å²) in [6, 6.07) is 0. The van der Waals surface area contributed by atoms with Crippen LogP contribution in [0.1, 0.15) is 78.1 Å². The lowest BCUT2D eigenvalue weighted by atomic mass is 9.96. The Morgan fingerprint density at radius 1 is 0.944 bits per heavy atom. The molecule has 0 aliphatic heterocycles. The van der Waals surface area contributed by atoms with Crippen LogP contribution in [-0.2, 0) is 9.59 Å². The van der Waals surface area contributed by atoms with Gasteiger partial charge in [0.05, 0.1) is 0 Å². The second-order valence-electron chi connectivity index (χ2n) is 5.20. The van der Waals surface area contributed by atoms with Gasteiger partial charge in [-0.3, -0.25) is 9.59 Å². The van der Waals surface area contributed by atoms with Crippen molar-refractivity contribution in [1.29, 1.82) is 0 Å². The molecular weight excluding hydrogens is 228 g/mol. The first-order valence-corrected chi connectivity index (χ1v) is 7.32. The van der Waals surface area contributed by atoms with Crippen molar-refractivity contribution in [1.82, 2.24) is 0 Å². The molecule has 0 heterocycles. The van der Waals surface area contributed by atoms with E-state index in [9.17, 15) is 9.59 Å². The zero-order valence-electron chi connectivity index (χ0n) is 11.9. The van der Waals surface area contributed by atoms with E-state index in [1.54, 1.807) is 0 Å². The SMILES string of the molecule is CCCCCCCCCCC(C)C(=O)CC(=O)O. The van der Waals surface area contributed by atoms with Crippen molar-refractivity contribution in [3.8, 4) is 0 Å². The van der Waals surface area contributed by atoms with Crippen LogP contribution in [0.3, 0.4) is 0 Å². The van der Waals surface area contributed by atoms with Crippen LogP contribution in [0.2, 0.25) is 0 Å². The predicted octanol–water partition coefficient (Wildman–Crippen LogP) is 4.20. The molecule has 0 aliphatic carbocycles. The highest BCUT2D eigenvalue weighted by molar-refractivity contribution is 5.95. The molecule has 0 aromatic heterocycles. The second-order valence-corrected chi connectivity index (χ2v) is 5.20. The summed E-state index contributed by atoms with van der Waals surface area (Å²) in [4.78, 5) is 21.8. The van der Waals surface area contributed by atoms with Crippen molar-refractivity contribution >= 4 is 11.8 Å². The topological polar surface area (TPSA) is 54.4 Å². The molecule has 106 valence electrons. The summed E-state index contributed by atoms with van der Waals surface area (Å²) in [5.74, 6) is -1.24. The van der Waals surface area contributed by atoms with Crippen LogP contribution in [0, 0.1) is 5.92 Å². The van der Waals surface area contributed by atoms with Crippen molar-refractivity contribution in [3.05, 3.63) is 0 Å². The molecule has 1 atom stereocenters. The molecule has 0 bridgehead atoms. The van der Waals surface area contributed by atoms with Gasteiger partial charge in [0.2, 0.25) is 0 Å². The van der Waals surface area contributed by atoms with Gasteiger partial charge in [-0.25, -0.2) is 0 Å². The summed E-state index contributed by atoms with van der Waals surface area (Å²) in [7, 11) is 0. The van der Waals surface area contributed by atoms with Crippen molar-refractivity contribution < 1.29 is 14.7 Å². The summed E-state index contributed by atoms with van der Waals surface area (Å²) in [6.45, 7) is 4.06. The molecule has 0 spiro atoms. The lowest BCUT2D eigenvalue weighted by Gasteiger charge is -2.08. The third-order valence-electron chi connectivity index (χ3n) is 3.37. The van der Waals surface area contributed by atoms with E-state index in [1.807, 2.05) is 6.92 Å². The van der Waals surface area contributed by atoms with E-state index in [0.29, 0.717) is 0 Å². The molecule has 0 rings (SSSR count). The minimum atomic E-state index is -1.01. The van der Waals surface area contributed by atoms with Crippen LogP contribution in [-0.4, -0.2) is 16.9 Å². The molecule has 0 radical (unpaired) electrons. The van der Waals surface area contributed by atoms with Gasteiger partial charge in [-0.2, -0.15) is 0 Å². The van der Waals surface area contributed by atoms with E-state index in [0.717, 1.165) is 19.3 Å². The minimum absolute atomic E-state index is 0.0961. The van der Waals surface area contributed by atoms with Crippen molar-refractivity contribution in [2.45, 2.75) is 78.1 Å². The Morgan fingerprint density at radius 3 is 1.94 bits per heavy atom. The lowest BCUT2D eigenvalue weighted by Crippen LogP contribution is -2.15. The van der Waals surface area contributed by atoms with Gasteiger partial charge in [-0.15, -0.1) is 0 Å². The number of Topliss-reactive ketones (excluding diaryl/α,β-unsaturated/α-hetero) is 1. The number of aliphatic carboxylic acids is 1. The number of unbranched alkanes of at least 4 members (excludes halogenated alkanes) is 7. The first-order chi connectivity index (χ1) is 8.57. The Hall–Kier alpha value is -0.860. The van der Waals surface area contributed by atoms with Crippen molar-refractivity contribution in [2.24, 2.45) is 5.92 Å². The molecule has 0 amide bonds. The molecular formula is C15H28O3. The van der Waals surface area contributed by atoms with Crippen LogP contribution < -0.4 is 0 Å². The fourth-order valence-corrected chi connectivity index (χ4v) is 2.07. The molecule has 0 saturated heterocycles. The highest BCUT2D eigenvalue weighted by Gasteiger charge is 2.15. The fraction of sp³-hybridized carbons (Fsp3) is 0.867. The van der Waals surface area contributed by atoms with Crippen LogP contribution in [0.5, 0.6) is 0 Å². The Bertz CT molecular complexity index is 236. The Morgan fingerprint density at radius 2 is 1.44 bits per heavy atom. The maximum Gasteiger partial charge on any atom is 0.310 e. The van der Waals surface area contributed by atoms with E-state index >= 15 is 0 Å². The number of carboxylic acid groups (broad SMARTS) is 1. The van der Waals surface area contributed by atoms with Gasteiger partial charge < -0.3 is 5.11 Å². The predicted molar refractivity (Wildman–Crippen MR) is 73.7 cm³/mol. The third kappa shape index (κ3) is 10.3. The lowest BCUT2D eigenvalue weighted by molar-refractivity contribution is -0.141. The number of hydrogen-bond donors (Lipinski definition) is 1. The second kappa shape index (κ2) is 11.2. The van der Waals surface area contributed by atoms with Gasteiger partial charge in [0, 0.05) is 5.92 Å². The van der Waals surface area contributed by atoms with Gasteiger partial charge in [-0.05, 0) is 6.42 Å². The van der Waals surface area contributed by atoms with Gasteiger partial charge in [-0.1, -0.05) is 65.2 Å². The maximum absolute atomic E-state index is 11.4. The first kappa shape index (κ1) is 17.1. The summed E-state index contributed by atoms with van der Waals surface area (Å²) >= 11 is 0. The molecule has 0 aromatic rings. The number of hydrogen-bond acceptors (Lipinski definition) is 2. The van der Waals surface area contributed by atoms with Crippen molar-refractivity contribution in [2.75, 3.05) is 0 Å². The minimum Gasteiger partial charge on any atom is -0.481 e. The van der Waals surface area contributed by atoms with E-state index in [4.69, 9.17) is 5.11 Å². The monoisotopic (exact) mass is 256 g/mol. The normalized spacial score (nSPS) is 12.3. The Kier molecular flexibility index (Phi) is 10.7. The molecule has 0 saturated carbocycles. The van der Waals surface area contributed by atoms with Crippen LogP contribution in [0.15, 0.2) is 0 Å². The average Bonchev–Trinajstić information content (AvgIpc) is 2.31. The number of carbonyl (C=O) groups is 2. The smallest absolute Gasteiger partial charge is 0.310 e. The van der Waals surface area contributed by atoms with Gasteiger partial charge in [0.1, 0.15) is 12.2 Å². The van der Waals surface area contributed by atoms with E-state index in [-0.39, 0.29) is 18.1 Å². The number of carboxylic acids is 1. The molecule has 18 heavy (non-hydrogen) atoms. The summed E-state index contributed by atoms with van der Waals surface area (Å²) in [5, 5.41) is 8.52. The van der Waals surface area contributed by atoms with Gasteiger partial charge in [0.25, 0.3) is 0 Å². The highest BCUT2D eigenvalue weighted by Crippen LogP contribution is 2.14. The standard InChI is InChI=1S/C15H28O3/c1-3-4-5-6-7-8-9-10-11-13(2)14(16)12-15(17)18/h13H,3-12H2,1-2H3,(H,17,18). The molecule has 3 nitrogen and oxygen atoms in total. The molecule has 1 N–H and O–H groups in total. The van der Waals surface area contributed by atoms with E-state index in [1.165, 1.54) is 38.5 Å². The van der Waals surface area contributed by atoms with Crippen LogP contribution >= 0.6 is 0 Å². The zero-order chi connectivity index (χ0) is 13.8. The van der Waals surface area contributed by atoms with Crippen LogP contribution in [0.4, 0.5) is 0 Å². The molecule has 3 heteroatoms. The number of rotatable bonds is 12. The average molecular weight is 256 g/mol. The summed E-state index contributed by atoms with van der Waals surface area (Å²) in [5.41, 5.74) is 0. The van der Waals surface area contributed by atoms with Crippen molar-refractivity contribution in [3.63, 3.8) is 0 Å². The third-order valence-corrected chi connectivity index (χ3v) is 3.37. The van der Waals surface area contributed by atoms with Gasteiger partial charge in [0.15, 0.2) is 0 Å². The zero-order valence-corrected chi connectivity index (χ0v) is 11.9. The van der Waals surface area contributed by atoms with E-state index in [2.05, 4.69) is 6.92 Å². The van der Waals surface area contributed by atoms with Gasteiger partial charge >= 0.3 is 5.97 Å². The molecule has 0 fully saturated rings. The molecule has 0 aliphatic rings. The quantitative estimate of drug-likeness (QED) is 0.420. The van der Waals surface area contributed by atoms with Crippen LogP contribution in [0.25, 0.3) is 0 Å². The molecule has 1 unspecified atom stereocenters. The number of carbonyl (C=O) groups excluding carboxylic acids is 1. The molecule has 0 aromatic carbocycles. The Labute approximate surface area is 111 Å². The largest absolute Gasteiger partial charge is 0.481 e.